The molecule has 130 valence electrons. The SMILES string of the molecule is CN=C(NCCc1cccs1)NCc1cccc(OCC(F)F)c1. The van der Waals surface area contributed by atoms with Crippen LogP contribution in [0.4, 0.5) is 8.78 Å². The van der Waals surface area contributed by atoms with Crippen molar-refractivity contribution in [3.8, 4) is 5.75 Å². The minimum Gasteiger partial charge on any atom is -0.488 e. The number of alkyl halides is 2. The number of ether oxygens (including phenoxy) is 1. The highest BCUT2D eigenvalue weighted by molar-refractivity contribution is 7.09. The zero-order valence-corrected chi connectivity index (χ0v) is 14.3. The van der Waals surface area contributed by atoms with Crippen LogP contribution in [0.2, 0.25) is 0 Å². The monoisotopic (exact) mass is 353 g/mol. The lowest BCUT2D eigenvalue weighted by atomic mass is 10.2. The van der Waals surface area contributed by atoms with Crippen LogP contribution in [0.15, 0.2) is 46.8 Å². The van der Waals surface area contributed by atoms with Gasteiger partial charge in [-0.3, -0.25) is 4.99 Å². The minimum atomic E-state index is -2.47. The summed E-state index contributed by atoms with van der Waals surface area (Å²) in [7, 11) is 1.71. The smallest absolute Gasteiger partial charge is 0.272 e. The molecule has 0 fully saturated rings. The molecule has 2 aromatic rings. The number of hydrogen-bond donors (Lipinski definition) is 2. The first-order chi connectivity index (χ1) is 11.7. The Morgan fingerprint density at radius 1 is 1.25 bits per heavy atom. The fourth-order valence-electron chi connectivity index (χ4n) is 2.07. The average molecular weight is 353 g/mol. The highest BCUT2D eigenvalue weighted by Gasteiger charge is 2.04. The van der Waals surface area contributed by atoms with Crippen molar-refractivity contribution >= 4 is 17.3 Å². The Balaban J connectivity index is 1.76. The molecule has 0 saturated carbocycles. The summed E-state index contributed by atoms with van der Waals surface area (Å²) in [6.07, 6.45) is -1.53. The maximum Gasteiger partial charge on any atom is 0.272 e. The quantitative estimate of drug-likeness (QED) is 0.565. The van der Waals surface area contributed by atoms with Gasteiger partial charge in [0.15, 0.2) is 5.96 Å². The molecule has 1 aromatic carbocycles. The number of benzene rings is 1. The Kier molecular flexibility index (Phi) is 7.48. The number of rotatable bonds is 8. The van der Waals surface area contributed by atoms with E-state index in [-0.39, 0.29) is 0 Å². The van der Waals surface area contributed by atoms with E-state index in [0.717, 1.165) is 18.5 Å². The number of nitrogens with one attached hydrogen (secondary N) is 2. The summed E-state index contributed by atoms with van der Waals surface area (Å²) in [5.74, 6) is 1.14. The van der Waals surface area contributed by atoms with Crippen LogP contribution in [0, 0.1) is 0 Å². The predicted molar refractivity (Wildman–Crippen MR) is 94.2 cm³/mol. The first-order valence-electron chi connectivity index (χ1n) is 7.64. The molecule has 0 aliphatic carbocycles. The molecular formula is C17H21F2N3OS. The fraction of sp³-hybridized carbons (Fsp3) is 0.353. The minimum absolute atomic E-state index is 0.440. The number of halogens is 2. The summed E-state index contributed by atoms with van der Waals surface area (Å²) in [5.41, 5.74) is 0.933. The maximum atomic E-state index is 12.2. The molecule has 1 aromatic heterocycles. The van der Waals surface area contributed by atoms with Crippen LogP contribution >= 0.6 is 11.3 Å². The molecule has 0 aliphatic heterocycles. The third kappa shape index (κ3) is 6.54. The van der Waals surface area contributed by atoms with Crippen molar-refractivity contribution in [3.63, 3.8) is 0 Å². The molecule has 1 heterocycles. The highest BCUT2D eigenvalue weighted by atomic mass is 32.1. The molecule has 2 rings (SSSR count). The molecular weight excluding hydrogens is 332 g/mol. The topological polar surface area (TPSA) is 45.7 Å². The van der Waals surface area contributed by atoms with Crippen molar-refractivity contribution in [2.45, 2.75) is 19.4 Å². The van der Waals surface area contributed by atoms with E-state index in [9.17, 15) is 8.78 Å². The van der Waals surface area contributed by atoms with Crippen LogP contribution in [-0.2, 0) is 13.0 Å². The van der Waals surface area contributed by atoms with Gasteiger partial charge in [-0.05, 0) is 35.6 Å². The second-order valence-corrected chi connectivity index (χ2v) is 6.06. The molecule has 4 nitrogen and oxygen atoms in total. The Hall–Kier alpha value is -2.15. The zero-order chi connectivity index (χ0) is 17.2. The second-order valence-electron chi connectivity index (χ2n) is 5.03. The van der Waals surface area contributed by atoms with Gasteiger partial charge >= 0.3 is 0 Å². The van der Waals surface area contributed by atoms with E-state index in [4.69, 9.17) is 4.74 Å². The fourth-order valence-corrected chi connectivity index (χ4v) is 2.78. The van der Waals surface area contributed by atoms with Crippen LogP contribution in [0.25, 0.3) is 0 Å². The van der Waals surface area contributed by atoms with Crippen molar-refractivity contribution in [3.05, 3.63) is 52.2 Å². The van der Waals surface area contributed by atoms with Gasteiger partial charge in [0.1, 0.15) is 12.4 Å². The van der Waals surface area contributed by atoms with Crippen molar-refractivity contribution in [2.24, 2.45) is 4.99 Å². The standard InChI is InChI=1S/C17H21F2N3OS/c1-20-17(21-8-7-15-6-3-9-24-15)22-11-13-4-2-5-14(10-13)23-12-16(18)19/h2-6,9-10,16H,7-8,11-12H2,1H3,(H2,20,21,22). The van der Waals surface area contributed by atoms with E-state index in [1.54, 1.807) is 36.6 Å². The van der Waals surface area contributed by atoms with E-state index in [1.165, 1.54) is 4.88 Å². The first kappa shape index (κ1) is 18.2. The Labute approximate surface area is 144 Å². The number of guanidine groups is 1. The van der Waals surface area contributed by atoms with Crippen LogP contribution in [0.5, 0.6) is 5.75 Å². The predicted octanol–water partition coefficient (Wildman–Crippen LogP) is 3.30. The molecule has 0 spiro atoms. The Bertz CT molecular complexity index is 633. The number of hydrogen-bond acceptors (Lipinski definition) is 3. The summed E-state index contributed by atoms with van der Waals surface area (Å²) in [6, 6.07) is 11.2. The summed E-state index contributed by atoms with van der Waals surface area (Å²) < 4.78 is 29.4. The normalized spacial score (nSPS) is 11.6. The second kappa shape index (κ2) is 9.87. The lowest BCUT2D eigenvalue weighted by Crippen LogP contribution is -2.37. The van der Waals surface area contributed by atoms with Gasteiger partial charge in [0.2, 0.25) is 0 Å². The molecule has 0 aliphatic rings. The third-order valence-electron chi connectivity index (χ3n) is 3.20. The molecule has 0 amide bonds. The summed E-state index contributed by atoms with van der Waals surface area (Å²) >= 11 is 1.73. The van der Waals surface area contributed by atoms with Gasteiger partial charge < -0.3 is 15.4 Å². The molecule has 7 heteroatoms. The van der Waals surface area contributed by atoms with Crippen molar-refractivity contribution < 1.29 is 13.5 Å². The average Bonchev–Trinajstić information content (AvgIpc) is 3.10. The van der Waals surface area contributed by atoms with Crippen molar-refractivity contribution in [1.29, 1.82) is 0 Å². The van der Waals surface area contributed by atoms with Crippen LogP contribution in [0.3, 0.4) is 0 Å². The van der Waals surface area contributed by atoms with Gasteiger partial charge in [0.25, 0.3) is 6.43 Å². The van der Waals surface area contributed by atoms with E-state index in [1.807, 2.05) is 12.1 Å². The molecule has 0 bridgehead atoms. The molecule has 0 radical (unpaired) electrons. The van der Waals surface area contributed by atoms with E-state index in [2.05, 4.69) is 27.1 Å². The molecule has 0 unspecified atom stereocenters. The highest BCUT2D eigenvalue weighted by Crippen LogP contribution is 2.14. The summed E-state index contributed by atoms with van der Waals surface area (Å²) in [4.78, 5) is 5.49. The lowest BCUT2D eigenvalue weighted by molar-refractivity contribution is 0.0818. The van der Waals surface area contributed by atoms with Gasteiger partial charge in [-0.2, -0.15) is 0 Å². The van der Waals surface area contributed by atoms with Gasteiger partial charge in [-0.1, -0.05) is 18.2 Å². The Morgan fingerprint density at radius 3 is 2.83 bits per heavy atom. The van der Waals surface area contributed by atoms with E-state index in [0.29, 0.717) is 18.3 Å². The number of aliphatic imine (C=N–C) groups is 1. The molecule has 24 heavy (non-hydrogen) atoms. The van der Waals surface area contributed by atoms with E-state index < -0.39 is 13.0 Å². The van der Waals surface area contributed by atoms with Gasteiger partial charge in [-0.15, -0.1) is 11.3 Å². The number of nitrogens with zero attached hydrogens (tertiary/aromatic N) is 1. The van der Waals surface area contributed by atoms with Gasteiger partial charge in [0.05, 0.1) is 0 Å². The summed E-state index contributed by atoms with van der Waals surface area (Å²) in [6.45, 7) is 0.727. The van der Waals surface area contributed by atoms with Crippen molar-refractivity contribution in [1.82, 2.24) is 10.6 Å². The maximum absolute atomic E-state index is 12.2. The largest absolute Gasteiger partial charge is 0.488 e. The summed E-state index contributed by atoms with van der Waals surface area (Å²) in [5, 5.41) is 8.51. The van der Waals surface area contributed by atoms with Gasteiger partial charge in [0, 0.05) is 25.0 Å². The molecule has 2 N–H and O–H groups in total. The van der Waals surface area contributed by atoms with Crippen LogP contribution < -0.4 is 15.4 Å². The lowest BCUT2D eigenvalue weighted by Gasteiger charge is -2.12. The molecule has 0 atom stereocenters. The third-order valence-corrected chi connectivity index (χ3v) is 4.14. The molecule has 0 saturated heterocycles. The van der Waals surface area contributed by atoms with Crippen molar-refractivity contribution in [2.75, 3.05) is 20.2 Å². The van der Waals surface area contributed by atoms with Crippen LogP contribution in [-0.4, -0.2) is 32.6 Å². The Morgan fingerprint density at radius 2 is 2.12 bits per heavy atom. The van der Waals surface area contributed by atoms with Gasteiger partial charge in [-0.25, -0.2) is 8.78 Å². The number of thiophene rings is 1. The first-order valence-corrected chi connectivity index (χ1v) is 8.52. The van der Waals surface area contributed by atoms with E-state index >= 15 is 0 Å². The zero-order valence-electron chi connectivity index (χ0n) is 13.5. The van der Waals surface area contributed by atoms with Crippen LogP contribution in [0.1, 0.15) is 10.4 Å².